The Labute approximate surface area is 138 Å². The van der Waals surface area contributed by atoms with Gasteiger partial charge in [-0.25, -0.2) is 4.98 Å². The van der Waals surface area contributed by atoms with Crippen molar-refractivity contribution in [2.45, 2.75) is 20.4 Å². The minimum absolute atomic E-state index is 0.748. The SMILES string of the molecule is Cc1cn2c(CNc3cc(Br)ccc3Br)c(C)nc2s1. The lowest BCUT2D eigenvalue weighted by atomic mass is 10.3. The molecule has 104 valence electrons. The molecule has 3 aromatic rings. The van der Waals surface area contributed by atoms with Gasteiger partial charge in [0.25, 0.3) is 0 Å². The molecule has 0 saturated carbocycles. The van der Waals surface area contributed by atoms with Gasteiger partial charge in [-0.05, 0) is 48.0 Å². The molecule has 0 aliphatic heterocycles. The Morgan fingerprint density at radius 2 is 2.10 bits per heavy atom. The molecule has 0 aliphatic carbocycles. The third kappa shape index (κ3) is 2.64. The standard InChI is InChI=1S/C14H13Br2N3S/c1-8-7-19-13(9(2)18-14(19)20-8)6-17-12-5-10(15)3-4-11(12)16/h3-5,7,17H,6H2,1-2H3. The second-order valence-electron chi connectivity index (χ2n) is 4.62. The Bertz CT molecular complexity index is 776. The van der Waals surface area contributed by atoms with E-state index in [1.54, 1.807) is 11.3 Å². The number of rotatable bonds is 3. The molecule has 0 aliphatic rings. The molecule has 1 aromatic carbocycles. The normalized spacial score (nSPS) is 11.2. The first-order valence-electron chi connectivity index (χ1n) is 6.17. The zero-order valence-corrected chi connectivity index (χ0v) is 15.1. The van der Waals surface area contributed by atoms with E-state index in [-0.39, 0.29) is 0 Å². The fraction of sp³-hybridized carbons (Fsp3) is 0.214. The van der Waals surface area contributed by atoms with Crippen molar-refractivity contribution in [3.05, 3.63) is 49.6 Å². The predicted molar refractivity (Wildman–Crippen MR) is 91.7 cm³/mol. The van der Waals surface area contributed by atoms with Gasteiger partial charge in [0.1, 0.15) is 0 Å². The van der Waals surface area contributed by atoms with E-state index in [9.17, 15) is 0 Å². The van der Waals surface area contributed by atoms with Crippen LogP contribution in [0, 0.1) is 13.8 Å². The zero-order valence-electron chi connectivity index (χ0n) is 11.1. The molecule has 0 atom stereocenters. The number of benzene rings is 1. The quantitative estimate of drug-likeness (QED) is 0.642. The van der Waals surface area contributed by atoms with E-state index < -0.39 is 0 Å². The molecule has 0 bridgehead atoms. The highest BCUT2D eigenvalue weighted by Gasteiger charge is 2.11. The minimum atomic E-state index is 0.748. The van der Waals surface area contributed by atoms with E-state index in [1.807, 2.05) is 12.1 Å². The van der Waals surface area contributed by atoms with Crippen molar-refractivity contribution in [2.75, 3.05) is 5.32 Å². The van der Waals surface area contributed by atoms with Crippen LogP contribution in [0.1, 0.15) is 16.3 Å². The third-order valence-corrected chi connectivity index (χ3v) is 5.20. The maximum Gasteiger partial charge on any atom is 0.194 e. The number of hydrogen-bond donors (Lipinski definition) is 1. The topological polar surface area (TPSA) is 29.3 Å². The molecule has 1 N–H and O–H groups in total. The summed E-state index contributed by atoms with van der Waals surface area (Å²) in [5, 5.41) is 3.47. The van der Waals surface area contributed by atoms with Crippen LogP contribution in [-0.4, -0.2) is 9.38 Å². The van der Waals surface area contributed by atoms with Gasteiger partial charge in [0.15, 0.2) is 4.96 Å². The van der Waals surface area contributed by atoms with Crippen molar-refractivity contribution in [3.8, 4) is 0 Å². The maximum absolute atomic E-state index is 4.61. The fourth-order valence-corrected chi connectivity index (χ4v) is 3.77. The van der Waals surface area contributed by atoms with Gasteiger partial charge in [-0.1, -0.05) is 15.9 Å². The molecule has 0 fully saturated rings. The molecule has 0 saturated heterocycles. The Kier molecular flexibility index (Phi) is 3.88. The van der Waals surface area contributed by atoms with Crippen molar-refractivity contribution in [1.29, 1.82) is 0 Å². The monoisotopic (exact) mass is 413 g/mol. The van der Waals surface area contributed by atoms with Gasteiger partial charge in [0, 0.05) is 25.7 Å². The molecule has 0 radical (unpaired) electrons. The van der Waals surface area contributed by atoms with Crippen molar-refractivity contribution in [2.24, 2.45) is 0 Å². The van der Waals surface area contributed by atoms with Gasteiger partial charge in [-0.2, -0.15) is 0 Å². The van der Waals surface area contributed by atoms with E-state index in [0.29, 0.717) is 0 Å². The Balaban J connectivity index is 1.89. The van der Waals surface area contributed by atoms with Crippen LogP contribution in [0.15, 0.2) is 33.3 Å². The third-order valence-electron chi connectivity index (χ3n) is 3.12. The molecule has 2 heterocycles. The molecule has 3 rings (SSSR count). The van der Waals surface area contributed by atoms with E-state index in [4.69, 9.17) is 0 Å². The number of aryl methyl sites for hydroxylation is 2. The molecule has 0 amide bonds. The Hall–Kier alpha value is -0.850. The summed E-state index contributed by atoms with van der Waals surface area (Å²) in [6.45, 7) is 4.91. The van der Waals surface area contributed by atoms with Crippen LogP contribution in [0.2, 0.25) is 0 Å². The second-order valence-corrected chi connectivity index (χ2v) is 7.60. The molecule has 0 unspecified atom stereocenters. The van der Waals surface area contributed by atoms with E-state index in [2.05, 4.69) is 72.7 Å². The van der Waals surface area contributed by atoms with Gasteiger partial charge >= 0.3 is 0 Å². The number of aromatic nitrogens is 2. The average molecular weight is 415 g/mol. The first-order chi connectivity index (χ1) is 9.54. The fourth-order valence-electron chi connectivity index (χ4n) is 2.13. The molecular formula is C14H13Br2N3S. The van der Waals surface area contributed by atoms with Crippen LogP contribution < -0.4 is 5.32 Å². The van der Waals surface area contributed by atoms with Crippen molar-refractivity contribution in [1.82, 2.24) is 9.38 Å². The Morgan fingerprint density at radius 3 is 2.90 bits per heavy atom. The van der Waals surface area contributed by atoms with Crippen molar-refractivity contribution in [3.63, 3.8) is 0 Å². The number of anilines is 1. The molecule has 3 nitrogen and oxygen atoms in total. The van der Waals surface area contributed by atoms with Crippen LogP contribution in [0.3, 0.4) is 0 Å². The van der Waals surface area contributed by atoms with Crippen LogP contribution in [-0.2, 0) is 6.54 Å². The highest BCUT2D eigenvalue weighted by Crippen LogP contribution is 2.27. The van der Waals surface area contributed by atoms with Gasteiger partial charge in [0.05, 0.1) is 17.9 Å². The Morgan fingerprint density at radius 1 is 1.30 bits per heavy atom. The lowest BCUT2D eigenvalue weighted by Crippen LogP contribution is -2.04. The van der Waals surface area contributed by atoms with E-state index in [0.717, 1.165) is 31.8 Å². The van der Waals surface area contributed by atoms with Gasteiger partial charge < -0.3 is 5.32 Å². The number of nitrogens with zero attached hydrogens (tertiary/aromatic N) is 2. The summed E-state index contributed by atoms with van der Waals surface area (Å²) in [4.78, 5) is 6.94. The second kappa shape index (κ2) is 5.50. The first kappa shape index (κ1) is 14.1. The van der Waals surface area contributed by atoms with Gasteiger partial charge in [-0.3, -0.25) is 4.40 Å². The minimum Gasteiger partial charge on any atom is -0.378 e. The highest BCUT2D eigenvalue weighted by atomic mass is 79.9. The summed E-state index contributed by atoms with van der Waals surface area (Å²) in [5.74, 6) is 0. The summed E-state index contributed by atoms with van der Waals surface area (Å²) in [5.41, 5.74) is 3.35. The number of hydrogen-bond acceptors (Lipinski definition) is 3. The van der Waals surface area contributed by atoms with Gasteiger partial charge in [0.2, 0.25) is 0 Å². The van der Waals surface area contributed by atoms with Gasteiger partial charge in [-0.15, -0.1) is 11.3 Å². The molecule has 6 heteroatoms. The zero-order chi connectivity index (χ0) is 14.3. The van der Waals surface area contributed by atoms with E-state index >= 15 is 0 Å². The number of imidazole rings is 1. The van der Waals surface area contributed by atoms with E-state index in [1.165, 1.54) is 10.6 Å². The summed E-state index contributed by atoms with van der Waals surface area (Å²) in [7, 11) is 0. The lowest BCUT2D eigenvalue weighted by molar-refractivity contribution is 0.990. The van der Waals surface area contributed by atoms with Crippen molar-refractivity contribution >= 4 is 53.8 Å². The number of nitrogens with one attached hydrogen (secondary N) is 1. The van der Waals surface area contributed by atoms with Crippen LogP contribution in [0.4, 0.5) is 5.69 Å². The summed E-state index contributed by atoms with van der Waals surface area (Å²) < 4.78 is 4.29. The highest BCUT2D eigenvalue weighted by molar-refractivity contribution is 9.11. The largest absolute Gasteiger partial charge is 0.378 e. The predicted octanol–water partition coefficient (Wildman–Crippen LogP) is 5.15. The molecular weight excluding hydrogens is 402 g/mol. The summed E-state index contributed by atoms with van der Waals surface area (Å²) in [6, 6.07) is 6.11. The molecule has 2 aromatic heterocycles. The maximum atomic E-state index is 4.61. The number of halogens is 2. The van der Waals surface area contributed by atoms with Crippen LogP contribution in [0.25, 0.3) is 4.96 Å². The smallest absolute Gasteiger partial charge is 0.194 e. The lowest BCUT2D eigenvalue weighted by Gasteiger charge is -2.09. The average Bonchev–Trinajstić information content (AvgIpc) is 2.86. The summed E-state index contributed by atoms with van der Waals surface area (Å²) in [6.07, 6.45) is 2.15. The molecule has 0 spiro atoms. The van der Waals surface area contributed by atoms with Crippen molar-refractivity contribution < 1.29 is 0 Å². The van der Waals surface area contributed by atoms with Crippen LogP contribution in [0.5, 0.6) is 0 Å². The molecule has 20 heavy (non-hydrogen) atoms. The summed E-state index contributed by atoms with van der Waals surface area (Å²) >= 11 is 8.78. The first-order valence-corrected chi connectivity index (χ1v) is 8.58. The van der Waals surface area contributed by atoms with Crippen LogP contribution >= 0.6 is 43.2 Å². The number of thiazole rings is 1. The number of fused-ring (bicyclic) bond motifs is 1.